The second-order valence-corrected chi connectivity index (χ2v) is 7.54. The topological polar surface area (TPSA) is 70.2 Å². The van der Waals surface area contributed by atoms with Gasteiger partial charge in [0, 0.05) is 23.7 Å². The number of hydrogen-bond donors (Lipinski definition) is 3. The molecule has 1 aliphatic carbocycles. The molecule has 1 saturated carbocycles. The third kappa shape index (κ3) is 3.78. The van der Waals surface area contributed by atoms with Crippen molar-refractivity contribution in [1.82, 2.24) is 10.6 Å². The number of anilines is 1. The van der Waals surface area contributed by atoms with Gasteiger partial charge in [0.25, 0.3) is 5.91 Å². The third-order valence-electron chi connectivity index (χ3n) is 5.17. The SMILES string of the molecule is CC(C)CNC(=O)c1cccc(NC(=O)C2CC23CCNCC3)c1. The van der Waals surface area contributed by atoms with Gasteiger partial charge in [0.2, 0.25) is 5.91 Å². The number of benzene rings is 1. The zero-order chi connectivity index (χ0) is 17.2. The summed E-state index contributed by atoms with van der Waals surface area (Å²) < 4.78 is 0. The monoisotopic (exact) mass is 329 g/mol. The van der Waals surface area contributed by atoms with E-state index in [4.69, 9.17) is 0 Å². The zero-order valence-corrected chi connectivity index (χ0v) is 14.5. The standard InChI is InChI=1S/C19H27N3O2/c1-13(2)12-21-17(23)14-4-3-5-15(10-14)22-18(24)16-11-19(16)6-8-20-9-7-19/h3-5,10,13,16,20H,6-9,11-12H2,1-2H3,(H,21,23)(H,22,24). The van der Waals surface area contributed by atoms with Gasteiger partial charge in [-0.1, -0.05) is 19.9 Å². The van der Waals surface area contributed by atoms with E-state index in [0.717, 1.165) is 32.4 Å². The van der Waals surface area contributed by atoms with Crippen molar-refractivity contribution >= 4 is 17.5 Å². The maximum atomic E-state index is 12.5. The van der Waals surface area contributed by atoms with Crippen molar-refractivity contribution < 1.29 is 9.59 Å². The van der Waals surface area contributed by atoms with Crippen LogP contribution in [-0.2, 0) is 4.79 Å². The Kier molecular flexibility index (Phi) is 4.90. The fourth-order valence-electron chi connectivity index (χ4n) is 3.56. The number of amides is 2. The first-order chi connectivity index (χ1) is 11.5. The predicted octanol–water partition coefficient (Wildman–Crippen LogP) is 2.40. The van der Waals surface area contributed by atoms with Crippen LogP contribution in [0.25, 0.3) is 0 Å². The highest BCUT2D eigenvalue weighted by Crippen LogP contribution is 2.58. The van der Waals surface area contributed by atoms with Crippen molar-refractivity contribution in [3.05, 3.63) is 29.8 Å². The first-order valence-electron chi connectivity index (χ1n) is 8.90. The van der Waals surface area contributed by atoms with Gasteiger partial charge in [-0.05, 0) is 61.9 Å². The number of rotatable bonds is 5. The first kappa shape index (κ1) is 17.0. The van der Waals surface area contributed by atoms with E-state index in [1.807, 2.05) is 12.1 Å². The third-order valence-corrected chi connectivity index (χ3v) is 5.17. The quantitative estimate of drug-likeness (QED) is 0.777. The molecule has 1 spiro atoms. The Morgan fingerprint density at radius 2 is 2.04 bits per heavy atom. The molecular weight excluding hydrogens is 302 g/mol. The lowest BCUT2D eigenvalue weighted by Gasteiger charge is -2.23. The Labute approximate surface area is 143 Å². The van der Waals surface area contributed by atoms with E-state index in [0.29, 0.717) is 23.7 Å². The lowest BCUT2D eigenvalue weighted by molar-refractivity contribution is -0.118. The largest absolute Gasteiger partial charge is 0.352 e. The molecule has 1 heterocycles. The van der Waals surface area contributed by atoms with E-state index >= 15 is 0 Å². The van der Waals surface area contributed by atoms with E-state index in [1.54, 1.807) is 12.1 Å². The van der Waals surface area contributed by atoms with Gasteiger partial charge in [-0.25, -0.2) is 0 Å². The van der Waals surface area contributed by atoms with E-state index in [9.17, 15) is 9.59 Å². The number of piperidine rings is 1. The molecular formula is C19H27N3O2. The molecule has 3 rings (SSSR count). The van der Waals surface area contributed by atoms with Crippen LogP contribution in [0.4, 0.5) is 5.69 Å². The fourth-order valence-corrected chi connectivity index (χ4v) is 3.56. The van der Waals surface area contributed by atoms with Crippen molar-refractivity contribution in [3.63, 3.8) is 0 Å². The van der Waals surface area contributed by atoms with Crippen LogP contribution in [0.1, 0.15) is 43.5 Å². The Morgan fingerprint density at radius 3 is 2.75 bits per heavy atom. The lowest BCUT2D eigenvalue weighted by Crippen LogP contribution is -2.31. The van der Waals surface area contributed by atoms with E-state index in [2.05, 4.69) is 29.8 Å². The molecule has 1 saturated heterocycles. The molecule has 0 aromatic heterocycles. The van der Waals surface area contributed by atoms with E-state index in [-0.39, 0.29) is 23.1 Å². The highest BCUT2D eigenvalue weighted by molar-refractivity contribution is 5.98. The minimum absolute atomic E-state index is 0.0941. The van der Waals surface area contributed by atoms with Crippen molar-refractivity contribution in [2.45, 2.75) is 33.1 Å². The number of nitrogens with one attached hydrogen (secondary N) is 3. The average molecular weight is 329 g/mol. The molecule has 2 aliphatic rings. The molecule has 3 N–H and O–H groups in total. The lowest BCUT2D eigenvalue weighted by atomic mass is 9.92. The van der Waals surface area contributed by atoms with Crippen LogP contribution in [0.2, 0.25) is 0 Å². The van der Waals surface area contributed by atoms with Crippen LogP contribution in [0.3, 0.4) is 0 Å². The summed E-state index contributed by atoms with van der Waals surface area (Å²) in [6, 6.07) is 7.18. The highest BCUT2D eigenvalue weighted by Gasteiger charge is 2.57. The highest BCUT2D eigenvalue weighted by atomic mass is 16.2. The van der Waals surface area contributed by atoms with Crippen molar-refractivity contribution in [1.29, 1.82) is 0 Å². The maximum Gasteiger partial charge on any atom is 0.251 e. The van der Waals surface area contributed by atoms with Gasteiger partial charge in [0.1, 0.15) is 0 Å². The Bertz CT molecular complexity index is 621. The number of hydrogen-bond acceptors (Lipinski definition) is 3. The first-order valence-corrected chi connectivity index (χ1v) is 8.90. The summed E-state index contributed by atoms with van der Waals surface area (Å²) in [4.78, 5) is 24.7. The molecule has 0 radical (unpaired) electrons. The van der Waals surface area contributed by atoms with Crippen molar-refractivity contribution in [2.75, 3.05) is 25.0 Å². The van der Waals surface area contributed by atoms with Gasteiger partial charge in [0.05, 0.1) is 0 Å². The van der Waals surface area contributed by atoms with E-state index in [1.165, 1.54) is 0 Å². The molecule has 130 valence electrons. The van der Waals surface area contributed by atoms with Crippen molar-refractivity contribution in [3.8, 4) is 0 Å². The molecule has 24 heavy (non-hydrogen) atoms. The number of carbonyl (C=O) groups is 2. The zero-order valence-electron chi connectivity index (χ0n) is 14.5. The summed E-state index contributed by atoms with van der Waals surface area (Å²) in [6.45, 7) is 6.78. The van der Waals surface area contributed by atoms with Gasteiger partial charge in [-0.15, -0.1) is 0 Å². The number of carbonyl (C=O) groups excluding carboxylic acids is 2. The van der Waals surface area contributed by atoms with Gasteiger partial charge in [-0.3, -0.25) is 9.59 Å². The second kappa shape index (κ2) is 6.93. The van der Waals surface area contributed by atoms with E-state index < -0.39 is 0 Å². The smallest absolute Gasteiger partial charge is 0.251 e. The summed E-state index contributed by atoms with van der Waals surface area (Å²) in [5.41, 5.74) is 1.51. The molecule has 5 heteroatoms. The van der Waals surface area contributed by atoms with Crippen LogP contribution < -0.4 is 16.0 Å². The molecule has 2 fully saturated rings. The summed E-state index contributed by atoms with van der Waals surface area (Å²) in [5, 5.41) is 9.25. The molecule has 1 atom stereocenters. The minimum Gasteiger partial charge on any atom is -0.352 e. The second-order valence-electron chi connectivity index (χ2n) is 7.54. The summed E-state index contributed by atoms with van der Waals surface area (Å²) in [5.74, 6) is 0.531. The van der Waals surface area contributed by atoms with Gasteiger partial charge >= 0.3 is 0 Å². The molecule has 0 bridgehead atoms. The summed E-state index contributed by atoms with van der Waals surface area (Å²) >= 11 is 0. The molecule has 1 unspecified atom stereocenters. The van der Waals surface area contributed by atoms with Gasteiger partial charge < -0.3 is 16.0 Å². The van der Waals surface area contributed by atoms with Crippen LogP contribution in [0.5, 0.6) is 0 Å². The van der Waals surface area contributed by atoms with Gasteiger partial charge in [0.15, 0.2) is 0 Å². The fraction of sp³-hybridized carbons (Fsp3) is 0.579. The summed E-state index contributed by atoms with van der Waals surface area (Å²) in [6.07, 6.45) is 3.17. The average Bonchev–Trinajstić information content (AvgIpc) is 3.26. The van der Waals surface area contributed by atoms with Crippen LogP contribution in [0, 0.1) is 17.3 Å². The van der Waals surface area contributed by atoms with Crippen LogP contribution in [-0.4, -0.2) is 31.4 Å². The Hall–Kier alpha value is -1.88. The normalized spacial score (nSPS) is 21.5. The van der Waals surface area contributed by atoms with Crippen LogP contribution in [0.15, 0.2) is 24.3 Å². The Balaban J connectivity index is 1.58. The summed E-state index contributed by atoms with van der Waals surface area (Å²) in [7, 11) is 0. The molecule has 5 nitrogen and oxygen atoms in total. The predicted molar refractivity (Wildman–Crippen MR) is 94.9 cm³/mol. The minimum atomic E-state index is -0.0963. The van der Waals surface area contributed by atoms with Crippen LogP contribution >= 0.6 is 0 Å². The molecule has 1 aromatic rings. The maximum absolute atomic E-state index is 12.5. The van der Waals surface area contributed by atoms with Gasteiger partial charge in [-0.2, -0.15) is 0 Å². The van der Waals surface area contributed by atoms with Crippen molar-refractivity contribution in [2.24, 2.45) is 17.3 Å². The molecule has 1 aliphatic heterocycles. The molecule has 1 aromatic carbocycles. The molecule has 2 amide bonds. The Morgan fingerprint density at radius 1 is 1.29 bits per heavy atom.